The Bertz CT molecular complexity index is 413. The first kappa shape index (κ1) is 14.8. The largest absolute Gasteiger partial charge is 0.382 e. The minimum absolute atomic E-state index is 0.566. The monoisotopic (exact) mass is 266 g/mol. The first-order valence-electron chi connectivity index (χ1n) is 6.14. The second-order valence-corrected chi connectivity index (χ2v) is 4.94. The highest BCUT2D eigenvalue weighted by molar-refractivity contribution is 6.33. The normalized spacial score (nSPS) is 10.4. The van der Waals surface area contributed by atoms with Gasteiger partial charge in [-0.1, -0.05) is 25.4 Å². The lowest BCUT2D eigenvalue weighted by atomic mass is 10.1. The Kier molecular flexibility index (Phi) is 6.56. The zero-order valence-electron chi connectivity index (χ0n) is 10.9. The predicted molar refractivity (Wildman–Crippen MR) is 74.9 cm³/mol. The van der Waals surface area contributed by atoms with Crippen LogP contribution in [0.2, 0.25) is 5.02 Å². The molecule has 0 fully saturated rings. The number of nitrogens with one attached hydrogen (secondary N) is 1. The fraction of sp³-hybridized carbons (Fsp3) is 0.500. The summed E-state index contributed by atoms with van der Waals surface area (Å²) in [6.07, 6.45) is 1.08. The Morgan fingerprint density at radius 1 is 1.39 bits per heavy atom. The van der Waals surface area contributed by atoms with Gasteiger partial charge in [-0.3, -0.25) is 0 Å². The summed E-state index contributed by atoms with van der Waals surface area (Å²) >= 11 is 6.04. The molecule has 1 rings (SSSR count). The molecular formula is C14H19ClN2O. The van der Waals surface area contributed by atoms with E-state index in [0.717, 1.165) is 18.7 Å². The molecule has 1 N–H and O–H groups in total. The molecule has 0 heterocycles. The Balaban J connectivity index is 2.25. The van der Waals surface area contributed by atoms with Gasteiger partial charge in [0.1, 0.15) is 0 Å². The lowest BCUT2D eigenvalue weighted by molar-refractivity contribution is 0.132. The van der Waals surface area contributed by atoms with Crippen molar-refractivity contribution in [3.05, 3.63) is 28.8 Å². The van der Waals surface area contributed by atoms with Gasteiger partial charge in [-0.2, -0.15) is 5.26 Å². The Morgan fingerprint density at radius 2 is 2.17 bits per heavy atom. The van der Waals surface area contributed by atoms with Gasteiger partial charge in [0.15, 0.2) is 0 Å². The van der Waals surface area contributed by atoms with Crippen LogP contribution in [0.1, 0.15) is 25.8 Å². The molecule has 0 amide bonds. The third kappa shape index (κ3) is 5.39. The quantitative estimate of drug-likeness (QED) is 0.766. The van der Waals surface area contributed by atoms with Crippen molar-refractivity contribution in [2.75, 3.05) is 25.1 Å². The lowest BCUT2D eigenvalue weighted by Crippen LogP contribution is -2.11. The number of rotatable bonds is 7. The highest BCUT2D eigenvalue weighted by Crippen LogP contribution is 2.22. The van der Waals surface area contributed by atoms with Crippen molar-refractivity contribution in [1.82, 2.24) is 0 Å². The maximum Gasteiger partial charge on any atom is 0.0992 e. The molecular weight excluding hydrogens is 248 g/mol. The fourth-order valence-corrected chi connectivity index (χ4v) is 1.65. The van der Waals surface area contributed by atoms with Crippen LogP contribution in [0.5, 0.6) is 0 Å². The summed E-state index contributed by atoms with van der Waals surface area (Å²) in [5, 5.41) is 12.5. The van der Waals surface area contributed by atoms with Crippen LogP contribution in [0.15, 0.2) is 18.2 Å². The van der Waals surface area contributed by atoms with Crippen molar-refractivity contribution in [2.45, 2.75) is 20.3 Å². The molecule has 0 unspecified atom stereocenters. The van der Waals surface area contributed by atoms with E-state index in [9.17, 15) is 0 Å². The lowest BCUT2D eigenvalue weighted by Gasteiger charge is -2.10. The third-order valence-electron chi connectivity index (χ3n) is 2.50. The number of nitrogens with zero attached hydrogens (tertiary/aromatic N) is 1. The molecule has 0 bridgehead atoms. The molecule has 0 atom stereocenters. The van der Waals surface area contributed by atoms with Gasteiger partial charge in [-0.25, -0.2) is 0 Å². The average molecular weight is 267 g/mol. The van der Waals surface area contributed by atoms with E-state index < -0.39 is 0 Å². The Hall–Kier alpha value is -1.24. The molecule has 0 aliphatic carbocycles. The highest BCUT2D eigenvalue weighted by Gasteiger charge is 2.01. The molecule has 0 aliphatic heterocycles. The van der Waals surface area contributed by atoms with Crippen molar-refractivity contribution < 1.29 is 4.74 Å². The van der Waals surface area contributed by atoms with Gasteiger partial charge in [0.05, 0.1) is 28.9 Å². The first-order valence-corrected chi connectivity index (χ1v) is 6.52. The molecule has 1 aromatic rings. The van der Waals surface area contributed by atoms with Crippen LogP contribution in [-0.4, -0.2) is 19.8 Å². The minimum Gasteiger partial charge on any atom is -0.382 e. The van der Waals surface area contributed by atoms with E-state index in [1.807, 2.05) is 6.07 Å². The number of nitriles is 1. The number of ether oxygens (including phenoxy) is 1. The van der Waals surface area contributed by atoms with Gasteiger partial charge < -0.3 is 10.1 Å². The van der Waals surface area contributed by atoms with Crippen LogP contribution in [0.4, 0.5) is 5.69 Å². The van der Waals surface area contributed by atoms with Crippen LogP contribution in [0, 0.1) is 17.2 Å². The molecule has 18 heavy (non-hydrogen) atoms. The molecule has 0 aromatic heterocycles. The molecule has 0 aliphatic rings. The first-order chi connectivity index (χ1) is 8.63. The van der Waals surface area contributed by atoms with Crippen molar-refractivity contribution in [1.29, 1.82) is 5.26 Å². The summed E-state index contributed by atoms with van der Waals surface area (Å²) in [6.45, 7) is 6.52. The van der Waals surface area contributed by atoms with Crippen molar-refractivity contribution in [3.63, 3.8) is 0 Å². The van der Waals surface area contributed by atoms with Gasteiger partial charge in [-0.15, -0.1) is 0 Å². The van der Waals surface area contributed by atoms with Crippen LogP contribution < -0.4 is 5.32 Å². The van der Waals surface area contributed by atoms with E-state index in [1.165, 1.54) is 0 Å². The predicted octanol–water partition coefficient (Wildman–Crippen LogP) is 3.69. The van der Waals surface area contributed by atoms with Gasteiger partial charge in [0.2, 0.25) is 0 Å². The number of hydrogen-bond donors (Lipinski definition) is 1. The van der Waals surface area contributed by atoms with E-state index in [4.69, 9.17) is 21.6 Å². The van der Waals surface area contributed by atoms with Gasteiger partial charge >= 0.3 is 0 Å². The summed E-state index contributed by atoms with van der Waals surface area (Å²) in [5.74, 6) is 0.672. The molecule has 0 saturated heterocycles. The Labute approximate surface area is 114 Å². The number of benzene rings is 1. The van der Waals surface area contributed by atoms with Gasteiger partial charge in [0.25, 0.3) is 0 Å². The molecule has 0 spiro atoms. The maximum absolute atomic E-state index is 8.72. The molecule has 4 heteroatoms. The van der Waals surface area contributed by atoms with E-state index in [2.05, 4.69) is 25.2 Å². The van der Waals surface area contributed by atoms with E-state index >= 15 is 0 Å². The summed E-state index contributed by atoms with van der Waals surface area (Å²) < 4.78 is 5.49. The molecule has 0 saturated carbocycles. The number of halogens is 1. The molecule has 0 radical (unpaired) electrons. The summed E-state index contributed by atoms with van der Waals surface area (Å²) in [5.41, 5.74) is 1.40. The van der Waals surface area contributed by atoms with Crippen molar-refractivity contribution in [2.24, 2.45) is 5.92 Å². The second-order valence-electron chi connectivity index (χ2n) is 4.53. The summed E-state index contributed by atoms with van der Waals surface area (Å²) in [4.78, 5) is 0. The van der Waals surface area contributed by atoms with Crippen LogP contribution >= 0.6 is 11.6 Å². The summed E-state index contributed by atoms with van der Waals surface area (Å²) in [7, 11) is 0. The zero-order valence-corrected chi connectivity index (χ0v) is 11.6. The topological polar surface area (TPSA) is 45.0 Å². The SMILES string of the molecule is CC(C)CCOCCNc1ccc(C#N)cc1Cl. The second kappa shape index (κ2) is 7.97. The van der Waals surface area contributed by atoms with E-state index in [1.54, 1.807) is 12.1 Å². The third-order valence-corrected chi connectivity index (χ3v) is 2.81. The van der Waals surface area contributed by atoms with Crippen LogP contribution in [0.3, 0.4) is 0 Å². The average Bonchev–Trinajstić information content (AvgIpc) is 2.34. The highest BCUT2D eigenvalue weighted by atomic mass is 35.5. The zero-order chi connectivity index (χ0) is 13.4. The standard InChI is InChI=1S/C14H19ClN2O/c1-11(2)5-7-18-8-6-17-14-4-3-12(10-16)9-13(14)15/h3-4,9,11,17H,5-8H2,1-2H3. The number of hydrogen-bond acceptors (Lipinski definition) is 3. The summed E-state index contributed by atoms with van der Waals surface area (Å²) in [6, 6.07) is 7.27. The van der Waals surface area contributed by atoms with E-state index in [0.29, 0.717) is 29.7 Å². The smallest absolute Gasteiger partial charge is 0.0992 e. The molecule has 98 valence electrons. The molecule has 3 nitrogen and oxygen atoms in total. The minimum atomic E-state index is 0.566. The Morgan fingerprint density at radius 3 is 2.78 bits per heavy atom. The van der Waals surface area contributed by atoms with Crippen molar-refractivity contribution in [3.8, 4) is 6.07 Å². The fourth-order valence-electron chi connectivity index (χ4n) is 1.41. The van der Waals surface area contributed by atoms with Gasteiger partial charge in [-0.05, 0) is 30.5 Å². The van der Waals surface area contributed by atoms with E-state index in [-0.39, 0.29) is 0 Å². The van der Waals surface area contributed by atoms with Gasteiger partial charge in [0, 0.05) is 13.2 Å². The number of anilines is 1. The van der Waals surface area contributed by atoms with Crippen molar-refractivity contribution >= 4 is 17.3 Å². The van der Waals surface area contributed by atoms with Crippen LogP contribution in [-0.2, 0) is 4.74 Å². The maximum atomic E-state index is 8.72. The van der Waals surface area contributed by atoms with Crippen LogP contribution in [0.25, 0.3) is 0 Å². The molecule has 1 aromatic carbocycles.